The van der Waals surface area contributed by atoms with Gasteiger partial charge in [-0.15, -0.1) is 5.10 Å². The highest BCUT2D eigenvalue weighted by atomic mass is 35.5. The van der Waals surface area contributed by atoms with Crippen molar-refractivity contribution in [2.24, 2.45) is 0 Å². The van der Waals surface area contributed by atoms with E-state index in [1.807, 2.05) is 30.3 Å². The van der Waals surface area contributed by atoms with E-state index in [1.165, 1.54) is 30.3 Å². The minimum Gasteiger partial charge on any atom is -0.496 e. The second-order valence-electron chi connectivity index (χ2n) is 6.92. The Bertz CT molecular complexity index is 1290. The molecule has 162 valence electrons. The van der Waals surface area contributed by atoms with E-state index in [0.717, 1.165) is 11.1 Å². The molecule has 0 spiro atoms. The third kappa shape index (κ3) is 4.68. The Balaban J connectivity index is 1.44. The van der Waals surface area contributed by atoms with Crippen LogP contribution in [0.5, 0.6) is 5.75 Å². The lowest BCUT2D eigenvalue weighted by Gasteiger charge is -2.13. The van der Waals surface area contributed by atoms with Crippen LogP contribution in [0.1, 0.15) is 21.5 Å². The molecular weight excluding hydrogens is 432 g/mol. The van der Waals surface area contributed by atoms with Gasteiger partial charge < -0.3 is 14.6 Å². The highest BCUT2D eigenvalue weighted by Gasteiger charge is 2.17. The second-order valence-corrected chi connectivity index (χ2v) is 7.33. The monoisotopic (exact) mass is 450 g/mol. The number of ether oxygens (including phenoxy) is 1. The summed E-state index contributed by atoms with van der Waals surface area (Å²) in [6.07, 6.45) is 3.15. The molecule has 1 N–H and O–H groups in total. The number of rotatable bonds is 7. The molecule has 0 bridgehead atoms. The van der Waals surface area contributed by atoms with Crippen LogP contribution in [0, 0.1) is 0 Å². The molecule has 10 heteroatoms. The first-order valence-corrected chi connectivity index (χ1v) is 10.1. The van der Waals surface area contributed by atoms with E-state index in [-0.39, 0.29) is 11.5 Å². The number of hydrogen-bond donors (Lipinski definition) is 1. The first kappa shape index (κ1) is 21.3. The molecule has 2 aromatic carbocycles. The van der Waals surface area contributed by atoms with Crippen molar-refractivity contribution in [2.75, 3.05) is 7.11 Å². The lowest BCUT2D eigenvalue weighted by molar-refractivity contribution is 0.0948. The van der Waals surface area contributed by atoms with Crippen molar-refractivity contribution < 1.29 is 9.53 Å². The molecule has 0 saturated heterocycles. The van der Waals surface area contributed by atoms with Gasteiger partial charge in [0.15, 0.2) is 0 Å². The molecule has 32 heavy (non-hydrogen) atoms. The molecule has 9 nitrogen and oxygen atoms in total. The van der Waals surface area contributed by atoms with E-state index in [1.54, 1.807) is 22.9 Å². The lowest BCUT2D eigenvalue weighted by Crippen LogP contribution is -2.23. The third-order valence-electron chi connectivity index (χ3n) is 4.84. The lowest BCUT2D eigenvalue weighted by atomic mass is 10.1. The van der Waals surface area contributed by atoms with Gasteiger partial charge in [0, 0.05) is 24.9 Å². The summed E-state index contributed by atoms with van der Waals surface area (Å²) < 4.78 is 8.38. The van der Waals surface area contributed by atoms with Gasteiger partial charge in [0.2, 0.25) is 0 Å². The Kier molecular flexibility index (Phi) is 6.27. The van der Waals surface area contributed by atoms with Gasteiger partial charge in [-0.1, -0.05) is 41.9 Å². The molecular formula is C22H19ClN6O3. The Hall–Kier alpha value is -3.98. The Morgan fingerprint density at radius 1 is 1.12 bits per heavy atom. The number of carbonyl (C=O) groups is 1. The fourth-order valence-electron chi connectivity index (χ4n) is 3.16. The number of tetrazole rings is 1. The van der Waals surface area contributed by atoms with E-state index in [9.17, 15) is 9.59 Å². The molecule has 0 fully saturated rings. The number of halogens is 1. The summed E-state index contributed by atoms with van der Waals surface area (Å²) in [5.74, 6) is 0.0213. The maximum absolute atomic E-state index is 12.8. The van der Waals surface area contributed by atoms with Crippen LogP contribution >= 0.6 is 11.6 Å². The highest BCUT2D eigenvalue weighted by Crippen LogP contribution is 2.29. The number of aromatic nitrogens is 5. The fraction of sp³-hybridized carbons (Fsp3) is 0.136. The maximum atomic E-state index is 12.8. The number of methoxy groups -OCH3 is 1. The number of carbonyl (C=O) groups excluding carboxylic acids is 1. The van der Waals surface area contributed by atoms with E-state index in [2.05, 4.69) is 20.8 Å². The number of benzene rings is 2. The van der Waals surface area contributed by atoms with Crippen molar-refractivity contribution in [1.82, 2.24) is 30.1 Å². The number of amides is 1. The Labute approximate surface area is 188 Å². The zero-order valence-corrected chi connectivity index (χ0v) is 17.9. The molecule has 1 amide bonds. The first-order valence-electron chi connectivity index (χ1n) is 9.67. The summed E-state index contributed by atoms with van der Waals surface area (Å²) in [6.45, 7) is 0.801. The third-order valence-corrected chi connectivity index (χ3v) is 5.14. The van der Waals surface area contributed by atoms with Crippen molar-refractivity contribution >= 4 is 17.5 Å². The standard InChI is InChI=1S/C22H19ClN6O3/c1-32-20-11-19(29-14-25-26-27-29)18(23)10-17(20)22(31)24-12-15-5-7-16(8-6-15)13-28-9-3-2-4-21(28)30/h2-11,14H,12-13H2,1H3,(H,24,31). The van der Waals surface area contributed by atoms with E-state index in [0.29, 0.717) is 35.1 Å². The van der Waals surface area contributed by atoms with Gasteiger partial charge in [0.25, 0.3) is 11.5 Å². The molecule has 0 aliphatic heterocycles. The molecule has 2 heterocycles. The Morgan fingerprint density at radius 3 is 2.59 bits per heavy atom. The quantitative estimate of drug-likeness (QED) is 0.464. The van der Waals surface area contributed by atoms with Crippen LogP contribution in [0.25, 0.3) is 5.69 Å². The molecule has 2 aromatic heterocycles. The summed E-state index contributed by atoms with van der Waals surface area (Å²) in [7, 11) is 1.47. The van der Waals surface area contributed by atoms with Gasteiger partial charge in [-0.3, -0.25) is 9.59 Å². The van der Waals surface area contributed by atoms with Crippen LogP contribution in [0.15, 0.2) is 71.9 Å². The van der Waals surface area contributed by atoms with E-state index >= 15 is 0 Å². The van der Waals surface area contributed by atoms with Crippen molar-refractivity contribution in [3.8, 4) is 11.4 Å². The number of pyridine rings is 1. The van der Waals surface area contributed by atoms with E-state index in [4.69, 9.17) is 16.3 Å². The van der Waals surface area contributed by atoms with Gasteiger partial charge >= 0.3 is 0 Å². The van der Waals surface area contributed by atoms with Crippen LogP contribution in [-0.2, 0) is 13.1 Å². The smallest absolute Gasteiger partial charge is 0.255 e. The number of nitrogens with one attached hydrogen (secondary N) is 1. The van der Waals surface area contributed by atoms with Gasteiger partial charge in [0.1, 0.15) is 12.1 Å². The zero-order chi connectivity index (χ0) is 22.5. The summed E-state index contributed by atoms with van der Waals surface area (Å²) in [4.78, 5) is 24.6. The average molecular weight is 451 g/mol. The van der Waals surface area contributed by atoms with Crippen LogP contribution < -0.4 is 15.6 Å². The maximum Gasteiger partial charge on any atom is 0.255 e. The van der Waals surface area contributed by atoms with E-state index < -0.39 is 0 Å². The predicted octanol–water partition coefficient (Wildman–Crippen LogP) is 2.46. The minimum absolute atomic E-state index is 0.0532. The average Bonchev–Trinajstić information content (AvgIpc) is 3.34. The Morgan fingerprint density at radius 2 is 1.91 bits per heavy atom. The van der Waals surface area contributed by atoms with Crippen LogP contribution in [0.2, 0.25) is 5.02 Å². The van der Waals surface area contributed by atoms with Gasteiger partial charge in [-0.25, -0.2) is 0 Å². The van der Waals surface area contributed by atoms with Crippen molar-refractivity contribution in [3.05, 3.63) is 99.2 Å². The van der Waals surface area contributed by atoms with Crippen LogP contribution in [0.4, 0.5) is 0 Å². The molecule has 4 aromatic rings. The largest absolute Gasteiger partial charge is 0.496 e. The van der Waals surface area contributed by atoms with Gasteiger partial charge in [-0.2, -0.15) is 4.68 Å². The summed E-state index contributed by atoms with van der Waals surface area (Å²) in [5.41, 5.74) is 2.65. The van der Waals surface area contributed by atoms with Gasteiger partial charge in [-0.05, 0) is 33.7 Å². The molecule has 0 aliphatic carbocycles. The first-order chi connectivity index (χ1) is 15.5. The zero-order valence-electron chi connectivity index (χ0n) is 17.1. The molecule has 0 aliphatic rings. The normalized spacial score (nSPS) is 10.7. The molecule has 0 saturated carbocycles. The second kappa shape index (κ2) is 9.44. The van der Waals surface area contributed by atoms with Crippen LogP contribution in [0.3, 0.4) is 0 Å². The summed E-state index contributed by atoms with van der Waals surface area (Å²) in [6, 6.07) is 15.9. The predicted molar refractivity (Wildman–Crippen MR) is 118 cm³/mol. The van der Waals surface area contributed by atoms with Crippen LogP contribution in [-0.4, -0.2) is 37.8 Å². The minimum atomic E-state index is -0.327. The number of hydrogen-bond acceptors (Lipinski definition) is 6. The molecule has 4 rings (SSSR count). The van der Waals surface area contributed by atoms with Crippen molar-refractivity contribution in [3.63, 3.8) is 0 Å². The molecule has 0 atom stereocenters. The SMILES string of the molecule is COc1cc(-n2cnnn2)c(Cl)cc1C(=O)NCc1ccc(Cn2ccccc2=O)cc1. The van der Waals surface area contributed by atoms with Crippen molar-refractivity contribution in [1.29, 1.82) is 0 Å². The summed E-state index contributed by atoms with van der Waals surface area (Å²) >= 11 is 6.33. The number of nitrogens with zero attached hydrogens (tertiary/aromatic N) is 5. The topological polar surface area (TPSA) is 104 Å². The fourth-order valence-corrected chi connectivity index (χ4v) is 3.41. The van der Waals surface area contributed by atoms with Gasteiger partial charge in [0.05, 0.1) is 29.9 Å². The molecule has 0 radical (unpaired) electrons. The molecule has 0 unspecified atom stereocenters. The highest BCUT2D eigenvalue weighted by molar-refractivity contribution is 6.33. The summed E-state index contributed by atoms with van der Waals surface area (Å²) in [5, 5.41) is 14.2. The van der Waals surface area contributed by atoms with Crippen molar-refractivity contribution in [2.45, 2.75) is 13.1 Å².